The minimum absolute atomic E-state index is 0.143. The number of benzene rings is 1. The summed E-state index contributed by atoms with van der Waals surface area (Å²) in [4.78, 5) is 1.16. The molecule has 0 radical (unpaired) electrons. The van der Waals surface area contributed by atoms with Gasteiger partial charge in [0.1, 0.15) is 0 Å². The molecule has 2 rings (SSSR count). The van der Waals surface area contributed by atoms with Gasteiger partial charge in [0.25, 0.3) is 0 Å². The maximum Gasteiger partial charge on any atom is 0.509 e. The Morgan fingerprint density at radius 1 is 1.32 bits per heavy atom. The van der Waals surface area contributed by atoms with Gasteiger partial charge < -0.3 is 17.7 Å². The van der Waals surface area contributed by atoms with Crippen LogP contribution in [0.2, 0.25) is 0 Å². The maximum absolute atomic E-state index is 13.3. The van der Waals surface area contributed by atoms with Crippen LogP contribution in [0, 0.1) is 5.82 Å². The molecule has 1 aromatic carbocycles. The van der Waals surface area contributed by atoms with E-state index in [1.54, 1.807) is 0 Å². The molecule has 0 saturated heterocycles. The van der Waals surface area contributed by atoms with Crippen molar-refractivity contribution >= 4 is 12.4 Å². The van der Waals surface area contributed by atoms with Crippen LogP contribution in [0.1, 0.15) is 5.82 Å². The summed E-state index contributed by atoms with van der Waals surface area (Å²) in [5, 5.41) is 10.8. The van der Waals surface area contributed by atoms with Crippen LogP contribution in [-0.2, 0) is 13.7 Å². The van der Waals surface area contributed by atoms with Crippen molar-refractivity contribution < 1.29 is 22.1 Å². The number of hydrogen-bond donors (Lipinski definition) is 0. The van der Waals surface area contributed by atoms with Crippen LogP contribution in [0.5, 0.6) is 5.75 Å². The van der Waals surface area contributed by atoms with Gasteiger partial charge in [0.2, 0.25) is 5.82 Å². The van der Waals surface area contributed by atoms with E-state index >= 15 is 0 Å². The smallest absolute Gasteiger partial charge is 0.483 e. The molecule has 0 unspecified atom stereocenters. The molecule has 0 fully saturated rings. The molecule has 1 heterocycles. The lowest BCUT2D eigenvalue weighted by atomic mass is 9.80. The predicted molar refractivity (Wildman–Crippen MR) is 58.2 cm³/mol. The fourth-order valence-electron chi connectivity index (χ4n) is 1.36. The molecule has 19 heavy (non-hydrogen) atoms. The summed E-state index contributed by atoms with van der Waals surface area (Å²) in [5.74, 6) is -1.23. The van der Waals surface area contributed by atoms with Gasteiger partial charge in [-0.1, -0.05) is 6.07 Å². The highest BCUT2D eigenvalue weighted by atomic mass is 19.4. The molecule has 1 aromatic heterocycles. The lowest BCUT2D eigenvalue weighted by molar-refractivity contribution is 0.280. The van der Waals surface area contributed by atoms with Gasteiger partial charge >= 0.3 is 6.98 Å². The highest BCUT2D eigenvalue weighted by molar-refractivity contribution is 6.73. The van der Waals surface area contributed by atoms with Gasteiger partial charge in [0.05, 0.1) is 7.05 Å². The predicted octanol–water partition coefficient (Wildman–Crippen LogP) is 0.983. The van der Waals surface area contributed by atoms with Crippen molar-refractivity contribution in [3.8, 4) is 5.75 Å². The van der Waals surface area contributed by atoms with Gasteiger partial charge in [-0.15, -0.1) is 15.7 Å². The molecule has 2 aromatic rings. The second-order valence-corrected chi connectivity index (χ2v) is 3.75. The fourth-order valence-corrected chi connectivity index (χ4v) is 1.36. The Kier molecular flexibility index (Phi) is 3.41. The number of ether oxygens (including phenoxy) is 1. The molecular weight excluding hydrogens is 267 g/mol. The maximum atomic E-state index is 13.3. The van der Waals surface area contributed by atoms with E-state index in [0.29, 0.717) is 18.2 Å². The Morgan fingerprint density at radius 2 is 2.05 bits per heavy atom. The molecular formula is C9H8BF4N4O-. The van der Waals surface area contributed by atoms with Crippen LogP contribution in [0.15, 0.2) is 18.2 Å². The van der Waals surface area contributed by atoms with E-state index < -0.39 is 24.0 Å². The highest BCUT2D eigenvalue weighted by Crippen LogP contribution is 2.19. The molecule has 5 nitrogen and oxygen atoms in total. The number of rotatable bonds is 4. The first kappa shape index (κ1) is 13.3. The van der Waals surface area contributed by atoms with Crippen LogP contribution >= 0.6 is 0 Å². The lowest BCUT2D eigenvalue weighted by Gasteiger charge is -2.16. The summed E-state index contributed by atoms with van der Waals surface area (Å²) in [7, 11) is 1.52. The van der Waals surface area contributed by atoms with Crippen molar-refractivity contribution in [3.05, 3.63) is 29.8 Å². The van der Waals surface area contributed by atoms with Crippen molar-refractivity contribution in [2.75, 3.05) is 0 Å². The molecule has 10 heteroatoms. The third-order valence-corrected chi connectivity index (χ3v) is 2.24. The number of halogens is 4. The summed E-state index contributed by atoms with van der Waals surface area (Å²) >= 11 is 0. The van der Waals surface area contributed by atoms with Gasteiger partial charge in [-0.05, 0) is 17.3 Å². The van der Waals surface area contributed by atoms with E-state index in [-0.39, 0.29) is 12.4 Å². The topological polar surface area (TPSA) is 52.8 Å². The van der Waals surface area contributed by atoms with Crippen molar-refractivity contribution in [3.63, 3.8) is 0 Å². The number of aromatic nitrogens is 4. The Balaban J connectivity index is 2.15. The normalized spacial score (nSPS) is 11.6. The first-order valence-corrected chi connectivity index (χ1v) is 5.21. The summed E-state index contributed by atoms with van der Waals surface area (Å²) < 4.78 is 55.8. The summed E-state index contributed by atoms with van der Waals surface area (Å²) in [6, 6.07) is 2.00. The molecule has 0 aliphatic carbocycles. The van der Waals surface area contributed by atoms with Gasteiger partial charge in [0.15, 0.2) is 18.2 Å². The second kappa shape index (κ2) is 4.86. The van der Waals surface area contributed by atoms with E-state index in [4.69, 9.17) is 4.74 Å². The molecule has 0 spiro atoms. The minimum Gasteiger partial charge on any atom is -0.483 e. The Morgan fingerprint density at radius 3 is 2.63 bits per heavy atom. The van der Waals surface area contributed by atoms with Crippen LogP contribution in [0.25, 0.3) is 0 Å². The largest absolute Gasteiger partial charge is 0.509 e. The highest BCUT2D eigenvalue weighted by Gasteiger charge is 2.26. The number of aryl methyl sites for hydroxylation is 1. The van der Waals surface area contributed by atoms with E-state index in [1.165, 1.54) is 7.05 Å². The van der Waals surface area contributed by atoms with Crippen LogP contribution < -0.4 is 10.2 Å². The Hall–Kier alpha value is -2.13. The minimum atomic E-state index is -5.20. The molecule has 0 atom stereocenters. The third-order valence-electron chi connectivity index (χ3n) is 2.24. The second-order valence-electron chi connectivity index (χ2n) is 3.75. The van der Waals surface area contributed by atoms with Gasteiger partial charge in [-0.25, -0.2) is 4.39 Å². The summed E-state index contributed by atoms with van der Waals surface area (Å²) in [6.07, 6.45) is 0. The molecule has 0 bridgehead atoms. The van der Waals surface area contributed by atoms with E-state index in [1.807, 2.05) is 0 Å². The van der Waals surface area contributed by atoms with Crippen molar-refractivity contribution in [1.29, 1.82) is 0 Å². The first-order valence-electron chi connectivity index (χ1n) is 5.21. The van der Waals surface area contributed by atoms with E-state index in [2.05, 4.69) is 15.4 Å². The Bertz CT molecular complexity index is 586. The zero-order valence-corrected chi connectivity index (χ0v) is 9.73. The van der Waals surface area contributed by atoms with E-state index in [0.717, 1.165) is 4.80 Å². The SMILES string of the molecule is Cn1nnc(COc2cc([B-](F)(F)F)ccc2F)n1. The molecule has 102 valence electrons. The number of hydrogen-bond acceptors (Lipinski definition) is 4. The molecule has 0 amide bonds. The average molecular weight is 275 g/mol. The molecule has 0 saturated carbocycles. The van der Waals surface area contributed by atoms with Crippen molar-refractivity contribution in [1.82, 2.24) is 20.2 Å². The lowest BCUT2D eigenvalue weighted by Crippen LogP contribution is -2.34. The number of nitrogens with zero attached hydrogens (tertiary/aromatic N) is 4. The zero-order chi connectivity index (χ0) is 14.0. The third kappa shape index (κ3) is 3.21. The quantitative estimate of drug-likeness (QED) is 0.616. The van der Waals surface area contributed by atoms with Gasteiger partial charge in [-0.2, -0.15) is 4.80 Å². The molecule has 0 N–H and O–H groups in total. The van der Waals surface area contributed by atoms with Crippen LogP contribution in [0.3, 0.4) is 0 Å². The van der Waals surface area contributed by atoms with Crippen molar-refractivity contribution in [2.45, 2.75) is 6.61 Å². The average Bonchev–Trinajstić information content (AvgIpc) is 2.72. The van der Waals surface area contributed by atoms with Crippen LogP contribution in [0.4, 0.5) is 17.3 Å². The standard InChI is InChI=1S/C9H8BF4N4O/c1-18-16-9(15-17-18)5-19-8-4-6(10(12,13)14)2-3-7(8)11/h2-4H,5H2,1H3/q-1. The molecule has 0 aliphatic heterocycles. The van der Waals surface area contributed by atoms with Gasteiger partial charge in [0, 0.05) is 0 Å². The monoisotopic (exact) mass is 275 g/mol. The van der Waals surface area contributed by atoms with Gasteiger partial charge in [-0.3, -0.25) is 0 Å². The zero-order valence-electron chi connectivity index (χ0n) is 9.73. The summed E-state index contributed by atoms with van der Waals surface area (Å²) in [6.45, 7) is -5.47. The number of tetrazole rings is 1. The fraction of sp³-hybridized carbons (Fsp3) is 0.222. The Labute approximate surface area is 105 Å². The molecule has 0 aliphatic rings. The van der Waals surface area contributed by atoms with Crippen LogP contribution in [-0.4, -0.2) is 27.2 Å². The van der Waals surface area contributed by atoms with E-state index in [9.17, 15) is 17.3 Å². The van der Waals surface area contributed by atoms with Crippen molar-refractivity contribution in [2.24, 2.45) is 7.05 Å². The first-order chi connectivity index (χ1) is 8.86. The summed E-state index contributed by atoms with van der Waals surface area (Å²) in [5.41, 5.74) is -0.927.